The first-order valence-electron chi connectivity index (χ1n) is 9.11. The molecule has 2 N–H and O–H groups in total. The van der Waals surface area contributed by atoms with Crippen LogP contribution in [0.25, 0.3) is 0 Å². The second kappa shape index (κ2) is 7.96. The van der Waals surface area contributed by atoms with Crippen LogP contribution in [0.5, 0.6) is 0 Å². The van der Waals surface area contributed by atoms with Gasteiger partial charge in [-0.2, -0.15) is 0 Å². The molecule has 1 fully saturated rings. The standard InChI is InChI=1S/C19H33N3O2S/c1-19(2,3)25(23,24)21-16-11-9-15(10-12-16)14-20-17-7-6-8-18(13-17)22(4)5/h6-8,13,15-16,20-21H,9-12,14H2,1-5H3. The maximum absolute atomic E-state index is 12.3. The molecule has 1 aromatic rings. The summed E-state index contributed by atoms with van der Waals surface area (Å²) in [5.41, 5.74) is 2.33. The largest absolute Gasteiger partial charge is 0.385 e. The highest BCUT2D eigenvalue weighted by atomic mass is 32.2. The van der Waals surface area contributed by atoms with Crippen LogP contribution in [-0.2, 0) is 10.0 Å². The molecule has 25 heavy (non-hydrogen) atoms. The van der Waals surface area contributed by atoms with Crippen molar-refractivity contribution in [1.82, 2.24) is 4.72 Å². The lowest BCUT2D eigenvalue weighted by molar-refractivity contribution is 0.322. The summed E-state index contributed by atoms with van der Waals surface area (Å²) in [6, 6.07) is 8.49. The van der Waals surface area contributed by atoms with Crippen molar-refractivity contribution in [2.24, 2.45) is 5.92 Å². The minimum atomic E-state index is -3.25. The normalized spacial score (nSPS) is 21.8. The number of anilines is 2. The molecule has 1 aromatic carbocycles. The van der Waals surface area contributed by atoms with Crippen molar-refractivity contribution in [1.29, 1.82) is 0 Å². The molecule has 1 aliphatic carbocycles. The fourth-order valence-corrected chi connectivity index (χ4v) is 4.06. The highest BCUT2D eigenvalue weighted by molar-refractivity contribution is 7.90. The number of rotatable bonds is 6. The van der Waals surface area contributed by atoms with Crippen LogP contribution in [0.4, 0.5) is 11.4 Å². The molecule has 142 valence electrons. The minimum absolute atomic E-state index is 0.0811. The SMILES string of the molecule is CN(C)c1cccc(NCC2CCC(NS(=O)(=O)C(C)(C)C)CC2)c1. The highest BCUT2D eigenvalue weighted by Gasteiger charge is 2.32. The number of sulfonamides is 1. The highest BCUT2D eigenvalue weighted by Crippen LogP contribution is 2.27. The predicted molar refractivity (Wildman–Crippen MR) is 107 cm³/mol. The van der Waals surface area contributed by atoms with E-state index >= 15 is 0 Å². The van der Waals surface area contributed by atoms with Gasteiger partial charge in [-0.15, -0.1) is 0 Å². The summed E-state index contributed by atoms with van der Waals surface area (Å²) in [6.07, 6.45) is 3.94. The maximum atomic E-state index is 12.3. The monoisotopic (exact) mass is 367 g/mol. The molecule has 0 aromatic heterocycles. The first-order chi connectivity index (χ1) is 11.6. The van der Waals surface area contributed by atoms with Gasteiger partial charge in [0.05, 0.1) is 4.75 Å². The van der Waals surface area contributed by atoms with E-state index in [4.69, 9.17) is 0 Å². The average molecular weight is 368 g/mol. The smallest absolute Gasteiger partial charge is 0.216 e. The molecule has 5 nitrogen and oxygen atoms in total. The van der Waals surface area contributed by atoms with E-state index in [2.05, 4.69) is 39.2 Å². The van der Waals surface area contributed by atoms with Crippen LogP contribution in [0.15, 0.2) is 24.3 Å². The lowest BCUT2D eigenvalue weighted by atomic mass is 9.86. The molecular weight excluding hydrogens is 334 g/mol. The van der Waals surface area contributed by atoms with E-state index < -0.39 is 14.8 Å². The minimum Gasteiger partial charge on any atom is -0.385 e. The Balaban J connectivity index is 1.80. The Hall–Kier alpha value is -1.27. The van der Waals surface area contributed by atoms with Crippen molar-refractivity contribution in [2.45, 2.75) is 57.2 Å². The van der Waals surface area contributed by atoms with Crippen LogP contribution in [-0.4, -0.2) is 39.8 Å². The van der Waals surface area contributed by atoms with Gasteiger partial charge in [0, 0.05) is 38.1 Å². The third-order valence-corrected chi connectivity index (χ3v) is 7.19. The van der Waals surface area contributed by atoms with Crippen molar-refractivity contribution in [3.8, 4) is 0 Å². The predicted octanol–water partition coefficient (Wildman–Crippen LogP) is 3.44. The van der Waals surface area contributed by atoms with Gasteiger partial charge in [0.2, 0.25) is 10.0 Å². The zero-order valence-corrected chi connectivity index (χ0v) is 17.0. The zero-order chi connectivity index (χ0) is 18.7. The number of hydrogen-bond donors (Lipinski definition) is 2. The van der Waals surface area contributed by atoms with Crippen LogP contribution in [0.3, 0.4) is 0 Å². The molecule has 6 heteroatoms. The summed E-state index contributed by atoms with van der Waals surface area (Å²) in [7, 11) is 0.828. The van der Waals surface area contributed by atoms with Crippen molar-refractivity contribution in [3.05, 3.63) is 24.3 Å². The molecule has 0 spiro atoms. The van der Waals surface area contributed by atoms with Gasteiger partial charge in [-0.05, 0) is 70.6 Å². The Morgan fingerprint density at radius 3 is 2.32 bits per heavy atom. The van der Waals surface area contributed by atoms with Crippen LogP contribution >= 0.6 is 0 Å². The summed E-state index contributed by atoms with van der Waals surface area (Å²) in [4.78, 5) is 2.09. The van der Waals surface area contributed by atoms with E-state index in [0.29, 0.717) is 5.92 Å². The van der Waals surface area contributed by atoms with Crippen molar-refractivity contribution < 1.29 is 8.42 Å². The van der Waals surface area contributed by atoms with Gasteiger partial charge in [0.1, 0.15) is 0 Å². The van der Waals surface area contributed by atoms with Gasteiger partial charge < -0.3 is 10.2 Å². The molecule has 0 unspecified atom stereocenters. The molecule has 0 heterocycles. The van der Waals surface area contributed by atoms with E-state index in [-0.39, 0.29) is 6.04 Å². The van der Waals surface area contributed by atoms with Gasteiger partial charge >= 0.3 is 0 Å². The van der Waals surface area contributed by atoms with Gasteiger partial charge in [0.15, 0.2) is 0 Å². The quantitative estimate of drug-likeness (QED) is 0.808. The molecule has 0 atom stereocenters. The lowest BCUT2D eigenvalue weighted by Gasteiger charge is -2.31. The number of nitrogens with one attached hydrogen (secondary N) is 2. The van der Waals surface area contributed by atoms with Gasteiger partial charge in [-0.1, -0.05) is 6.07 Å². The summed E-state index contributed by atoms with van der Waals surface area (Å²) < 4.78 is 26.7. The van der Waals surface area contributed by atoms with Crippen molar-refractivity contribution >= 4 is 21.4 Å². The Morgan fingerprint density at radius 2 is 1.76 bits per heavy atom. The second-order valence-electron chi connectivity index (χ2n) is 8.28. The van der Waals surface area contributed by atoms with Gasteiger partial charge in [-0.25, -0.2) is 13.1 Å². The van der Waals surface area contributed by atoms with E-state index in [0.717, 1.165) is 37.9 Å². The Bertz CT molecular complexity index is 657. The number of benzene rings is 1. The van der Waals surface area contributed by atoms with Gasteiger partial charge in [-0.3, -0.25) is 0 Å². The van der Waals surface area contributed by atoms with Crippen LogP contribution in [0.2, 0.25) is 0 Å². The third-order valence-electron chi connectivity index (χ3n) is 4.93. The lowest BCUT2D eigenvalue weighted by Crippen LogP contribution is -2.46. The zero-order valence-electron chi connectivity index (χ0n) is 16.2. The Labute approximate surface area is 153 Å². The van der Waals surface area contributed by atoms with Gasteiger partial charge in [0.25, 0.3) is 0 Å². The van der Waals surface area contributed by atoms with Crippen LogP contribution in [0, 0.1) is 5.92 Å². The van der Waals surface area contributed by atoms with Crippen LogP contribution in [0.1, 0.15) is 46.5 Å². The van der Waals surface area contributed by atoms with E-state index in [1.54, 1.807) is 20.8 Å². The molecular formula is C19H33N3O2S. The summed E-state index contributed by atoms with van der Waals surface area (Å²) in [5.74, 6) is 0.596. The molecule has 1 aliphatic rings. The van der Waals surface area contributed by atoms with E-state index in [1.807, 2.05) is 14.1 Å². The first kappa shape index (κ1) is 20.0. The fraction of sp³-hybridized carbons (Fsp3) is 0.684. The first-order valence-corrected chi connectivity index (χ1v) is 10.6. The second-order valence-corrected chi connectivity index (χ2v) is 10.7. The molecule has 0 bridgehead atoms. The summed E-state index contributed by atoms with van der Waals surface area (Å²) in [5, 5.41) is 3.53. The molecule has 0 radical (unpaired) electrons. The molecule has 2 rings (SSSR count). The topological polar surface area (TPSA) is 61.4 Å². The summed E-state index contributed by atoms with van der Waals surface area (Å²) in [6.45, 7) is 6.17. The maximum Gasteiger partial charge on any atom is 0.216 e. The Kier molecular flexibility index (Phi) is 6.38. The average Bonchev–Trinajstić information content (AvgIpc) is 2.53. The molecule has 1 saturated carbocycles. The molecule has 0 aliphatic heterocycles. The third kappa shape index (κ3) is 5.61. The Morgan fingerprint density at radius 1 is 1.12 bits per heavy atom. The summed E-state index contributed by atoms with van der Waals surface area (Å²) >= 11 is 0. The molecule has 0 saturated heterocycles. The molecule has 0 amide bonds. The number of nitrogens with zero attached hydrogens (tertiary/aromatic N) is 1. The van der Waals surface area contributed by atoms with Crippen LogP contribution < -0.4 is 14.9 Å². The number of hydrogen-bond acceptors (Lipinski definition) is 4. The van der Waals surface area contributed by atoms with Crippen molar-refractivity contribution in [3.63, 3.8) is 0 Å². The van der Waals surface area contributed by atoms with E-state index in [9.17, 15) is 8.42 Å². The van der Waals surface area contributed by atoms with Crippen molar-refractivity contribution in [2.75, 3.05) is 30.9 Å². The van der Waals surface area contributed by atoms with E-state index in [1.165, 1.54) is 5.69 Å². The fourth-order valence-electron chi connectivity index (χ4n) is 3.04.